The molecule has 0 atom stereocenters. The number of aliphatic hydroxyl groups excluding tert-OH is 2. The fourth-order valence-corrected chi connectivity index (χ4v) is 2.49. The van der Waals surface area contributed by atoms with Gasteiger partial charge in [0.1, 0.15) is 5.75 Å². The van der Waals surface area contributed by atoms with E-state index in [4.69, 9.17) is 30.3 Å². The Kier molecular flexibility index (Phi) is 9.82. The molecule has 23 heavy (non-hydrogen) atoms. The molecular weight excluding hydrogens is 300 g/mol. The van der Waals surface area contributed by atoms with Crippen LogP contribution in [-0.2, 0) is 4.74 Å². The molecule has 0 aliphatic heterocycles. The van der Waals surface area contributed by atoms with Crippen molar-refractivity contribution in [3.8, 4) is 5.75 Å². The van der Waals surface area contributed by atoms with Gasteiger partial charge in [-0.3, -0.25) is 0 Å². The van der Waals surface area contributed by atoms with Crippen LogP contribution in [0.15, 0.2) is 24.3 Å². The molecule has 132 valence electrons. The van der Waals surface area contributed by atoms with Crippen molar-refractivity contribution in [2.75, 3.05) is 13.2 Å². The van der Waals surface area contributed by atoms with Gasteiger partial charge in [0.2, 0.25) is 0 Å². The third-order valence-corrected chi connectivity index (χ3v) is 3.76. The molecule has 6 heteroatoms. The van der Waals surface area contributed by atoms with Crippen LogP contribution < -0.4 is 0 Å². The number of aromatic hydroxyl groups is 1. The molecular formula is C17H28O6. The van der Waals surface area contributed by atoms with Gasteiger partial charge in [-0.1, -0.05) is 25.0 Å². The van der Waals surface area contributed by atoms with Gasteiger partial charge in [-0.25, -0.2) is 0 Å². The van der Waals surface area contributed by atoms with Gasteiger partial charge in [0.25, 0.3) is 0 Å². The number of hydrogen-bond acceptors (Lipinski definition) is 6. The van der Waals surface area contributed by atoms with E-state index in [1.807, 2.05) is 12.1 Å². The van der Waals surface area contributed by atoms with Crippen molar-refractivity contribution in [2.24, 2.45) is 0 Å². The van der Waals surface area contributed by atoms with Crippen molar-refractivity contribution in [3.05, 3.63) is 29.8 Å². The summed E-state index contributed by atoms with van der Waals surface area (Å²) in [6.07, 6.45) is 2.96. The molecule has 1 aromatic rings. The predicted octanol–water partition coefficient (Wildman–Crippen LogP) is 1.45. The summed E-state index contributed by atoms with van der Waals surface area (Å²) < 4.78 is 4.82. The second-order valence-electron chi connectivity index (χ2n) is 5.72. The van der Waals surface area contributed by atoms with Crippen LogP contribution >= 0.6 is 0 Å². The van der Waals surface area contributed by atoms with E-state index in [0.29, 0.717) is 5.75 Å². The summed E-state index contributed by atoms with van der Waals surface area (Å²) in [5, 5.41) is 42.5. The number of phenols is 1. The van der Waals surface area contributed by atoms with E-state index < -0.39 is 12.6 Å². The first-order chi connectivity index (χ1) is 11.0. The summed E-state index contributed by atoms with van der Waals surface area (Å²) in [6.45, 7) is 0.425. The van der Waals surface area contributed by atoms with E-state index in [1.54, 1.807) is 12.1 Å². The molecule has 1 aliphatic carbocycles. The molecule has 2 rings (SSSR count). The molecule has 1 fully saturated rings. The average Bonchev–Trinajstić information content (AvgIpc) is 3.02. The van der Waals surface area contributed by atoms with Crippen LogP contribution in [0.4, 0.5) is 0 Å². The Hall–Kier alpha value is -1.18. The van der Waals surface area contributed by atoms with Gasteiger partial charge in [0.05, 0.1) is 13.2 Å². The van der Waals surface area contributed by atoms with Gasteiger partial charge >= 0.3 is 0 Å². The molecule has 0 bridgehead atoms. The Labute approximate surface area is 137 Å². The van der Waals surface area contributed by atoms with Crippen molar-refractivity contribution >= 4 is 0 Å². The van der Waals surface area contributed by atoms with Gasteiger partial charge in [0.15, 0.2) is 12.6 Å². The van der Waals surface area contributed by atoms with Crippen LogP contribution in [0.1, 0.15) is 50.0 Å². The Morgan fingerprint density at radius 2 is 1.35 bits per heavy atom. The minimum Gasteiger partial charge on any atom is -0.508 e. The summed E-state index contributed by atoms with van der Waals surface area (Å²) in [7, 11) is 0. The molecule has 0 heterocycles. The third kappa shape index (κ3) is 9.53. The molecule has 5 N–H and O–H groups in total. The zero-order valence-electron chi connectivity index (χ0n) is 13.3. The summed E-state index contributed by atoms with van der Waals surface area (Å²) in [4.78, 5) is 0. The fraction of sp³-hybridized carbons (Fsp3) is 0.647. The molecule has 0 radical (unpaired) electrons. The number of benzene rings is 1. The number of rotatable bonds is 7. The quantitative estimate of drug-likeness (QED) is 0.383. The van der Waals surface area contributed by atoms with Crippen molar-refractivity contribution in [3.63, 3.8) is 0 Å². The van der Waals surface area contributed by atoms with Crippen LogP contribution in [0.5, 0.6) is 5.75 Å². The zero-order valence-corrected chi connectivity index (χ0v) is 13.3. The standard InChI is InChI=1S/C11H14O.C6H14O5/c12-11-7-5-10(6-8-11)9-3-1-2-4-9;7-5(8)1-3-11-4-2-6(9)10/h5-9,12H,1-4H2;5-10H,1-4H2. The summed E-state index contributed by atoms with van der Waals surface area (Å²) in [5.41, 5.74) is 1.39. The van der Waals surface area contributed by atoms with Crippen LogP contribution in [0.2, 0.25) is 0 Å². The van der Waals surface area contributed by atoms with Crippen LogP contribution in [-0.4, -0.2) is 51.3 Å². The fourth-order valence-electron chi connectivity index (χ4n) is 2.49. The largest absolute Gasteiger partial charge is 0.508 e. The Balaban J connectivity index is 0.000000232. The minimum absolute atomic E-state index is 0.140. The topological polar surface area (TPSA) is 110 Å². The van der Waals surface area contributed by atoms with Gasteiger partial charge < -0.3 is 30.3 Å². The molecule has 0 aromatic heterocycles. The molecule has 6 nitrogen and oxygen atoms in total. The second kappa shape index (κ2) is 11.4. The first-order valence-electron chi connectivity index (χ1n) is 8.08. The lowest BCUT2D eigenvalue weighted by molar-refractivity contribution is -0.0769. The maximum absolute atomic E-state index is 9.10. The van der Waals surface area contributed by atoms with Crippen molar-refractivity contribution in [2.45, 2.75) is 57.0 Å². The van der Waals surface area contributed by atoms with Crippen LogP contribution in [0.25, 0.3) is 0 Å². The monoisotopic (exact) mass is 328 g/mol. The van der Waals surface area contributed by atoms with Crippen LogP contribution in [0.3, 0.4) is 0 Å². The summed E-state index contributed by atoms with van der Waals surface area (Å²) in [6, 6.07) is 7.66. The maximum atomic E-state index is 9.10. The summed E-state index contributed by atoms with van der Waals surface area (Å²) in [5.74, 6) is 1.13. The number of hydrogen-bond donors (Lipinski definition) is 5. The summed E-state index contributed by atoms with van der Waals surface area (Å²) >= 11 is 0. The van der Waals surface area contributed by atoms with Gasteiger partial charge in [-0.05, 0) is 36.5 Å². The molecule has 0 unspecified atom stereocenters. The SMILES string of the molecule is OC(O)CCOCCC(O)O.Oc1ccc(C2CCCC2)cc1. The first-order valence-corrected chi connectivity index (χ1v) is 8.08. The van der Waals surface area contributed by atoms with E-state index in [0.717, 1.165) is 5.92 Å². The molecule has 1 aromatic carbocycles. The molecule has 1 saturated carbocycles. The molecule has 1 aliphatic rings. The molecule has 0 spiro atoms. The lowest BCUT2D eigenvalue weighted by Gasteiger charge is -2.08. The van der Waals surface area contributed by atoms with E-state index in [9.17, 15) is 0 Å². The van der Waals surface area contributed by atoms with Crippen molar-refractivity contribution < 1.29 is 30.3 Å². The van der Waals surface area contributed by atoms with Crippen LogP contribution in [0, 0.1) is 0 Å². The van der Waals surface area contributed by atoms with Crippen molar-refractivity contribution in [1.29, 1.82) is 0 Å². The Morgan fingerprint density at radius 3 is 1.78 bits per heavy atom. The first kappa shape index (κ1) is 19.9. The normalized spacial score (nSPS) is 15.0. The molecule has 0 saturated heterocycles. The van der Waals surface area contributed by atoms with Gasteiger partial charge in [0, 0.05) is 12.8 Å². The number of aliphatic hydroxyl groups is 4. The van der Waals surface area contributed by atoms with E-state index >= 15 is 0 Å². The number of phenolic OH excluding ortho intramolecular Hbond substituents is 1. The van der Waals surface area contributed by atoms with Crippen molar-refractivity contribution in [1.82, 2.24) is 0 Å². The average molecular weight is 328 g/mol. The smallest absolute Gasteiger partial charge is 0.153 e. The van der Waals surface area contributed by atoms with E-state index in [1.165, 1.54) is 31.2 Å². The highest BCUT2D eigenvalue weighted by atomic mass is 16.5. The van der Waals surface area contributed by atoms with Gasteiger partial charge in [-0.2, -0.15) is 0 Å². The molecule has 0 amide bonds. The van der Waals surface area contributed by atoms with Gasteiger partial charge in [-0.15, -0.1) is 0 Å². The van der Waals surface area contributed by atoms with E-state index in [-0.39, 0.29) is 26.1 Å². The minimum atomic E-state index is -1.35. The highest BCUT2D eigenvalue weighted by Gasteiger charge is 2.16. The highest BCUT2D eigenvalue weighted by molar-refractivity contribution is 5.28. The maximum Gasteiger partial charge on any atom is 0.153 e. The Bertz CT molecular complexity index is 388. The lowest BCUT2D eigenvalue weighted by Crippen LogP contribution is -2.12. The second-order valence-corrected chi connectivity index (χ2v) is 5.72. The predicted molar refractivity (Wildman–Crippen MR) is 85.8 cm³/mol. The van der Waals surface area contributed by atoms with E-state index in [2.05, 4.69) is 0 Å². The highest BCUT2D eigenvalue weighted by Crippen LogP contribution is 2.34. The zero-order chi connectivity index (χ0) is 17.1. The Morgan fingerprint density at radius 1 is 0.870 bits per heavy atom. The number of ether oxygens (including phenoxy) is 1. The lowest BCUT2D eigenvalue weighted by atomic mass is 9.98. The third-order valence-electron chi connectivity index (χ3n) is 3.76.